The lowest BCUT2D eigenvalue weighted by Crippen LogP contribution is -2.59. The lowest BCUT2D eigenvalue weighted by atomic mass is 9.85. The van der Waals surface area contributed by atoms with Gasteiger partial charge in [0.2, 0.25) is 11.8 Å². The van der Waals surface area contributed by atoms with Crippen LogP contribution in [0.3, 0.4) is 0 Å². The van der Waals surface area contributed by atoms with E-state index in [-0.39, 0.29) is 49.2 Å². The van der Waals surface area contributed by atoms with Crippen LogP contribution < -0.4 is 25.4 Å². The summed E-state index contributed by atoms with van der Waals surface area (Å²) < 4.78 is 23.6. The molecule has 17 heteroatoms. The lowest BCUT2D eigenvalue weighted by Gasteiger charge is -2.35. The molecule has 0 bridgehead atoms. The smallest absolute Gasteiger partial charge is 0.408 e. The van der Waals surface area contributed by atoms with Gasteiger partial charge in [0.15, 0.2) is 5.17 Å². The van der Waals surface area contributed by atoms with Crippen molar-refractivity contribution in [2.75, 3.05) is 32.6 Å². The fraction of sp³-hybridized carbons (Fsp3) is 0.619. The second-order valence-electron chi connectivity index (χ2n) is 17.7. The van der Waals surface area contributed by atoms with Gasteiger partial charge < -0.3 is 44.9 Å². The van der Waals surface area contributed by atoms with E-state index in [0.717, 1.165) is 18.0 Å². The number of hydrogen-bond acceptors (Lipinski definition) is 12. The van der Waals surface area contributed by atoms with Crippen molar-refractivity contribution in [1.29, 1.82) is 0 Å². The fourth-order valence-corrected chi connectivity index (χ4v) is 9.78. The van der Waals surface area contributed by atoms with Gasteiger partial charge >= 0.3 is 12.1 Å². The van der Waals surface area contributed by atoms with E-state index in [0.29, 0.717) is 52.3 Å². The normalized spacial score (nSPS) is 28.7. The first-order chi connectivity index (χ1) is 28.0. The van der Waals surface area contributed by atoms with Crippen molar-refractivity contribution in [2.45, 2.75) is 109 Å². The zero-order chi connectivity index (χ0) is 42.4. The number of rotatable bonds is 15. The topological polar surface area (TPSA) is 190 Å². The first kappa shape index (κ1) is 42.8. The van der Waals surface area contributed by atoms with Crippen molar-refractivity contribution in [3.8, 4) is 11.5 Å². The quantitative estimate of drug-likeness (QED) is 0.131. The van der Waals surface area contributed by atoms with Crippen molar-refractivity contribution in [3.05, 3.63) is 41.6 Å². The van der Waals surface area contributed by atoms with Gasteiger partial charge in [-0.25, -0.2) is 14.6 Å². The monoisotopic (exact) mass is 854 g/mol. The highest BCUT2D eigenvalue weighted by Gasteiger charge is 2.61. The van der Waals surface area contributed by atoms with E-state index in [1.807, 2.05) is 40.7 Å². The molecule has 2 aromatic rings. The van der Waals surface area contributed by atoms with Crippen molar-refractivity contribution in [2.24, 2.45) is 28.2 Å². The van der Waals surface area contributed by atoms with Crippen LogP contribution in [0.4, 0.5) is 4.79 Å². The van der Waals surface area contributed by atoms with E-state index < -0.39 is 58.9 Å². The molecule has 4 N–H and O–H groups in total. The van der Waals surface area contributed by atoms with Gasteiger partial charge in [0.1, 0.15) is 59.0 Å². The minimum atomic E-state index is -1.53. The van der Waals surface area contributed by atoms with Gasteiger partial charge in [-0.2, -0.15) is 0 Å². The summed E-state index contributed by atoms with van der Waals surface area (Å²) in [5, 5.41) is 20.7. The Kier molecular flexibility index (Phi) is 12.3. The van der Waals surface area contributed by atoms with Crippen LogP contribution in [0.5, 0.6) is 11.5 Å². The second-order valence-corrected chi connectivity index (χ2v) is 19.1. The number of benzene rings is 1. The summed E-state index contributed by atoms with van der Waals surface area (Å²) in [5.74, 6) is -0.145. The predicted molar refractivity (Wildman–Crippen MR) is 224 cm³/mol. The summed E-state index contributed by atoms with van der Waals surface area (Å²) >= 11 is 8.56. The number of halogens is 1. The lowest BCUT2D eigenvalue weighted by molar-refractivity contribution is -0.146. The maximum Gasteiger partial charge on any atom is 0.408 e. The number of nitrogens with one attached hydrogen (secondary N) is 3. The Hall–Kier alpha value is -4.28. The number of aliphatic carboxylic acids is 1. The van der Waals surface area contributed by atoms with Crippen LogP contribution in [0.25, 0.3) is 10.9 Å². The number of ether oxygens (including phenoxy) is 4. The maximum absolute atomic E-state index is 14.7. The van der Waals surface area contributed by atoms with Crippen LogP contribution in [-0.2, 0) is 23.9 Å². The molecule has 1 unspecified atom stereocenters. The fourth-order valence-electron chi connectivity index (χ4n) is 8.44. The molecule has 3 aliphatic carbocycles. The molecule has 0 spiro atoms. The van der Waals surface area contributed by atoms with Crippen molar-refractivity contribution in [1.82, 2.24) is 25.8 Å². The standard InChI is InChI=1S/C42H55ClN6O9S/c1-8-24-18-42(24,38(52)53)48-36(50)30-16-26(19-49(30)37(51)35(41(4,5)6)47-40(54)58-25-14-22-13-23(22)15-25)57-32-17-28(29-20-59-39(46-29)44-21(2)3)45-34-27(32)9-10-31(33(34)43)56-12-11-55-7/h8-10,17,21-26,29-30,35H,1,11-16,18-20H2,2-7H3,(H,44,46)(H,47,54)(H,48,50)(H,52,53)/t22-,23+,24-,25+,26-,29?,30+,35-,42-/m1/s1. The van der Waals surface area contributed by atoms with Gasteiger partial charge in [0.25, 0.3) is 0 Å². The van der Waals surface area contributed by atoms with E-state index >= 15 is 0 Å². The SMILES string of the molecule is C=C[C@@H]1C[C@]1(NC(=O)[C@@H]1C[C@@H](Oc2cc(C3CSC(NC(C)C)=N3)nc3c(Cl)c(OCCOC)ccc23)CN1C(=O)[C@@H](NC(=O)O[C@@H]1C[C@@H]2C[C@@H]2C1)C(C)(C)C)C(=O)O. The number of carbonyl (C=O) groups is 4. The number of nitrogens with zero attached hydrogens (tertiary/aromatic N) is 3. The molecule has 320 valence electrons. The number of alkyl carbamates (subject to hydrolysis) is 1. The molecule has 15 nitrogen and oxygen atoms in total. The molecule has 9 atom stereocenters. The number of amides is 3. The summed E-state index contributed by atoms with van der Waals surface area (Å²) in [6.07, 6.45) is 2.90. The van der Waals surface area contributed by atoms with Crippen LogP contribution in [0.1, 0.15) is 78.5 Å². The molecular formula is C42H55ClN6O9S. The van der Waals surface area contributed by atoms with Gasteiger partial charge in [0.05, 0.1) is 24.4 Å². The number of aromatic nitrogens is 1. The number of fused-ring (bicyclic) bond motifs is 2. The van der Waals surface area contributed by atoms with E-state index in [1.54, 1.807) is 31.0 Å². The van der Waals surface area contributed by atoms with Gasteiger partial charge in [0, 0.05) is 42.7 Å². The Morgan fingerprint density at radius 2 is 1.85 bits per heavy atom. The molecule has 7 rings (SSSR count). The maximum atomic E-state index is 14.7. The minimum Gasteiger partial charge on any atom is -0.490 e. The summed E-state index contributed by atoms with van der Waals surface area (Å²) in [6.45, 7) is 13.9. The number of hydrogen-bond donors (Lipinski definition) is 4. The van der Waals surface area contributed by atoms with Gasteiger partial charge in [-0.05, 0) is 68.9 Å². The van der Waals surface area contributed by atoms with Crippen LogP contribution in [0.2, 0.25) is 5.02 Å². The molecular weight excluding hydrogens is 800 g/mol. The zero-order valence-electron chi connectivity index (χ0n) is 34.4. The predicted octanol–water partition coefficient (Wildman–Crippen LogP) is 5.49. The van der Waals surface area contributed by atoms with Gasteiger partial charge in [-0.1, -0.05) is 50.2 Å². The molecule has 59 heavy (non-hydrogen) atoms. The van der Waals surface area contributed by atoms with Crippen LogP contribution in [0, 0.1) is 23.2 Å². The molecule has 1 aromatic heterocycles. The van der Waals surface area contributed by atoms with Gasteiger partial charge in [-0.3, -0.25) is 14.6 Å². The third-order valence-electron chi connectivity index (χ3n) is 11.8. The second kappa shape index (κ2) is 17.0. The third-order valence-corrected chi connectivity index (χ3v) is 13.2. The Labute approximate surface area is 353 Å². The van der Waals surface area contributed by atoms with E-state index in [4.69, 9.17) is 40.5 Å². The highest BCUT2D eigenvalue weighted by molar-refractivity contribution is 8.14. The molecule has 0 radical (unpaired) electrons. The Balaban J connectivity index is 1.20. The number of aliphatic imine (C=N–C) groups is 1. The molecule has 1 aromatic carbocycles. The van der Waals surface area contributed by atoms with Crippen molar-refractivity contribution < 1.29 is 43.2 Å². The summed E-state index contributed by atoms with van der Waals surface area (Å²) in [7, 11) is 1.58. The molecule has 4 fully saturated rings. The first-order valence-corrected chi connectivity index (χ1v) is 21.7. The van der Waals surface area contributed by atoms with Crippen molar-refractivity contribution >= 4 is 63.3 Å². The number of carbonyl (C=O) groups excluding carboxylic acids is 3. The molecule has 1 saturated heterocycles. The number of thioether (sulfide) groups is 1. The average Bonchev–Trinajstić information content (AvgIpc) is 3.84. The molecule has 3 heterocycles. The largest absolute Gasteiger partial charge is 0.490 e. The first-order valence-electron chi connectivity index (χ1n) is 20.4. The summed E-state index contributed by atoms with van der Waals surface area (Å²) in [4.78, 5) is 65.9. The molecule has 2 aliphatic heterocycles. The number of pyridine rings is 1. The van der Waals surface area contributed by atoms with E-state index in [1.165, 1.54) is 17.4 Å². The van der Waals surface area contributed by atoms with Gasteiger partial charge in [-0.15, -0.1) is 6.58 Å². The minimum absolute atomic E-state index is 0.0309. The Morgan fingerprint density at radius 1 is 1.10 bits per heavy atom. The molecule has 5 aliphatic rings. The number of carboxylic acid groups (broad SMARTS) is 1. The number of amidine groups is 1. The summed E-state index contributed by atoms with van der Waals surface area (Å²) in [6, 6.07) is 3.01. The molecule has 3 amide bonds. The number of methoxy groups -OCH3 is 1. The van der Waals surface area contributed by atoms with Crippen LogP contribution >= 0.6 is 23.4 Å². The molecule has 3 saturated carbocycles. The highest BCUT2D eigenvalue weighted by atomic mass is 35.5. The van der Waals surface area contributed by atoms with Crippen LogP contribution in [0.15, 0.2) is 35.8 Å². The van der Waals surface area contributed by atoms with Crippen molar-refractivity contribution in [3.63, 3.8) is 0 Å². The highest BCUT2D eigenvalue weighted by Crippen LogP contribution is 2.52. The van der Waals surface area contributed by atoms with E-state index in [2.05, 4.69) is 22.5 Å². The van der Waals surface area contributed by atoms with Crippen LogP contribution in [-0.4, -0.2) is 113 Å². The number of likely N-dealkylation sites (tertiary alicyclic amines) is 1. The Bertz CT molecular complexity index is 2020. The average molecular weight is 855 g/mol. The summed E-state index contributed by atoms with van der Waals surface area (Å²) in [5.41, 5.74) is -1.28. The third kappa shape index (κ3) is 9.24. The van der Waals surface area contributed by atoms with E-state index in [9.17, 15) is 24.3 Å². The zero-order valence-corrected chi connectivity index (χ0v) is 36.0. The number of carboxylic acids is 1. The Morgan fingerprint density at radius 3 is 2.49 bits per heavy atom.